The molecule has 0 rings (SSSR count). The van der Waals surface area contributed by atoms with E-state index in [1.807, 2.05) is 0 Å². The zero-order chi connectivity index (χ0) is 4.50. The summed E-state index contributed by atoms with van der Waals surface area (Å²) >= 11 is 0. The van der Waals surface area contributed by atoms with E-state index in [0.29, 0.717) is 0 Å². The van der Waals surface area contributed by atoms with Crippen molar-refractivity contribution in [1.82, 2.24) is 0 Å². The molecule has 0 aliphatic heterocycles. The summed E-state index contributed by atoms with van der Waals surface area (Å²) in [6.45, 7) is 0. The monoisotopic (exact) mass is 508 g/mol. The van der Waals surface area contributed by atoms with Gasteiger partial charge in [-0.1, -0.05) is 0 Å². The summed E-state index contributed by atoms with van der Waals surface area (Å²) in [6, 6.07) is 0. The average Bonchev–Trinajstić information content (AvgIpc) is 0.722. The molecule has 0 saturated carbocycles. The van der Waals surface area contributed by atoms with Gasteiger partial charge in [-0.05, 0) is 0 Å². The van der Waals surface area contributed by atoms with Crippen LogP contribution in [0, 0.1) is 35.6 Å². The van der Waals surface area contributed by atoms with Gasteiger partial charge in [0.25, 0.3) is 0 Å². The predicted octanol–water partition coefficient (Wildman–Crippen LogP) is -3.80. The van der Waals surface area contributed by atoms with Crippen molar-refractivity contribution in [2.24, 2.45) is 0 Å². The van der Waals surface area contributed by atoms with Crippen LogP contribution in [0.25, 0.3) is 0 Å². The summed E-state index contributed by atoms with van der Waals surface area (Å²) in [5.74, 6) is 0. The van der Waals surface area contributed by atoms with Gasteiger partial charge in [-0.2, -0.15) is 0 Å². The van der Waals surface area contributed by atoms with Crippen LogP contribution in [-0.2, 0) is 78.4 Å². The Hall–Kier alpha value is 4.39. The van der Waals surface area contributed by atoms with Crippen LogP contribution in [0.3, 0.4) is 0 Å². The van der Waals surface area contributed by atoms with E-state index in [-0.39, 0.29) is 131 Å². The zero-order valence-corrected chi connectivity index (χ0v) is 17.5. The summed E-state index contributed by atoms with van der Waals surface area (Å²) in [5.41, 5.74) is 0. The first-order valence-electron chi connectivity index (χ1n) is 0.894. The molecule has 0 bridgehead atoms. The fraction of sp³-hybridized carbons (Fsp3) is 0. The number of hydrogen-bond donors (Lipinski definition) is 4. The van der Waals surface area contributed by atoms with Crippen LogP contribution in [0.2, 0.25) is 0 Å². The van der Waals surface area contributed by atoms with Crippen molar-refractivity contribution in [2.45, 2.75) is 0 Å². The normalized spacial score (nSPS) is 6.00. The largest absolute Gasteiger partial charge is 0.668 e. The van der Waals surface area contributed by atoms with Crippen LogP contribution in [0.15, 0.2) is 0 Å². The molecule has 0 amide bonds. The third-order valence-corrected chi connectivity index (χ3v) is 0. The Bertz CT molecular complexity index is 40.7. The minimum absolute atomic E-state index is 0. The van der Waals surface area contributed by atoms with Gasteiger partial charge in [0.15, 0.2) is 17.4 Å². The maximum atomic E-state index is 7.33. The van der Waals surface area contributed by atoms with Gasteiger partial charge in [0.2, 0.25) is 0 Å². The molecule has 0 aliphatic rings. The maximum absolute atomic E-state index is 7.33. The van der Waals surface area contributed by atoms with Crippen LogP contribution in [0.4, 0.5) is 0 Å². The molecule has 10 heavy (non-hydrogen) atoms. The molecule has 0 unspecified atom stereocenters. The Labute approximate surface area is 156 Å². The first kappa shape index (κ1) is 36.6. The summed E-state index contributed by atoms with van der Waals surface area (Å²) in [5, 5.41) is 0. The molecule has 4 nitrogen and oxygen atoms in total. The number of rotatable bonds is 0. The van der Waals surface area contributed by atoms with Crippen molar-refractivity contribution < 1.29 is 133 Å². The summed E-state index contributed by atoms with van der Waals surface area (Å²) in [7, 11) is -4.61. The van der Waals surface area contributed by atoms with Crippen LogP contribution in [0.1, 0.15) is 0 Å². The fourth-order valence-electron chi connectivity index (χ4n) is 0. The van der Waals surface area contributed by atoms with Crippen molar-refractivity contribution in [2.75, 3.05) is 0 Å². The van der Waals surface area contributed by atoms with Gasteiger partial charge in [-0.25, -0.2) is 0 Å². The second kappa shape index (κ2) is 19.0. The molecule has 50 valence electrons. The molecular weight excluding hydrogens is 503 g/mol. The molecule has 0 fully saturated rings. The molecule has 0 aromatic rings. The molecule has 0 aliphatic carbocycles. The summed E-state index contributed by atoms with van der Waals surface area (Å²) in [4.78, 5) is 29.3. The minimum atomic E-state index is -4.61. The molecule has 10 heteroatoms. The molecule has 2 radical (unpaired) electrons. The van der Waals surface area contributed by atoms with Gasteiger partial charge in [-0.15, -0.1) is 0 Å². The van der Waals surface area contributed by atoms with Gasteiger partial charge in [0.05, 0.1) is 0 Å². The van der Waals surface area contributed by atoms with Gasteiger partial charge in [0.1, 0.15) is 0 Å². The van der Waals surface area contributed by atoms with Gasteiger partial charge >= 0.3 is 9.05 Å². The Morgan fingerprint density at radius 2 is 0.900 bits per heavy atom. The number of hydrogen-bond acceptors (Lipinski definition) is 4. The van der Waals surface area contributed by atoms with Crippen LogP contribution >= 0.6 is 0 Å². The second-order valence-corrected chi connectivity index (χ2v) is 1.80. The molecule has 0 saturated heterocycles. The topological polar surface area (TPSA) is 80.9 Å². The maximum Gasteiger partial charge on any atom is 0.668 e. The van der Waals surface area contributed by atoms with E-state index in [4.69, 9.17) is 19.2 Å². The van der Waals surface area contributed by atoms with E-state index >= 15 is 0 Å². The predicted molar refractivity (Wildman–Crippen MR) is 24.6 cm³/mol. The van der Waals surface area contributed by atoms with Crippen LogP contribution in [-0.4, -0.2) is 45.6 Å². The SMILES string of the molecule is O[Si](O)(O)O.[AlH3].[La].[Y].[Zn].[Zr]. The second-order valence-electron chi connectivity index (χ2n) is 0.600. The fourth-order valence-corrected chi connectivity index (χ4v) is 0. The molecule has 0 heterocycles. The standard InChI is InChI=1S/Al.La.H4O4Si.Y.Zn.Zr.3H/c;;1-5(2,3)4;;;;;;/h;;1-4H;;;;;;. The van der Waals surface area contributed by atoms with Crippen molar-refractivity contribution >= 4 is 26.4 Å². The first-order valence-corrected chi connectivity index (χ1v) is 2.68. The van der Waals surface area contributed by atoms with Gasteiger partial charge in [-0.3, -0.25) is 0 Å². The minimum Gasteiger partial charge on any atom is -0.368 e. The molecule has 0 spiro atoms. The third kappa shape index (κ3) is 83.3. The third-order valence-electron chi connectivity index (χ3n) is 0. The van der Waals surface area contributed by atoms with E-state index < -0.39 is 9.05 Å². The smallest absolute Gasteiger partial charge is 0.368 e. The Balaban J connectivity index is -0.00000000800. The van der Waals surface area contributed by atoms with E-state index in [0.717, 1.165) is 0 Å². The summed E-state index contributed by atoms with van der Waals surface area (Å²) < 4.78 is 0. The summed E-state index contributed by atoms with van der Waals surface area (Å²) in [6.07, 6.45) is 0. The van der Waals surface area contributed by atoms with E-state index in [9.17, 15) is 0 Å². The van der Waals surface area contributed by atoms with Crippen molar-refractivity contribution in [3.8, 4) is 0 Å². The zero-order valence-electron chi connectivity index (χ0n) is 4.65. The van der Waals surface area contributed by atoms with Crippen molar-refractivity contribution in [1.29, 1.82) is 0 Å². The molecule has 4 N–H and O–H groups in total. The average molecular weight is 511 g/mol. The quantitative estimate of drug-likeness (QED) is 0.252. The Morgan fingerprint density at radius 3 is 0.900 bits per heavy atom. The molecular formula is H7AlLaO4SiYZnZr. The van der Waals surface area contributed by atoms with Crippen molar-refractivity contribution in [3.05, 3.63) is 0 Å². The molecule has 0 atom stereocenters. The van der Waals surface area contributed by atoms with Crippen molar-refractivity contribution in [3.63, 3.8) is 0 Å². The molecule has 0 aromatic carbocycles. The first-order chi connectivity index (χ1) is 2.00. The van der Waals surface area contributed by atoms with Crippen LogP contribution < -0.4 is 0 Å². The van der Waals surface area contributed by atoms with Crippen LogP contribution in [0.5, 0.6) is 0 Å². The Kier molecular flexibility index (Phi) is 69.8. The van der Waals surface area contributed by atoms with Gasteiger partial charge in [0, 0.05) is 114 Å². The van der Waals surface area contributed by atoms with E-state index in [1.54, 1.807) is 0 Å². The van der Waals surface area contributed by atoms with Gasteiger partial charge < -0.3 is 19.2 Å². The Morgan fingerprint density at radius 1 is 0.900 bits per heavy atom. The van der Waals surface area contributed by atoms with E-state index in [2.05, 4.69) is 0 Å². The van der Waals surface area contributed by atoms with E-state index in [1.165, 1.54) is 0 Å². The molecule has 0 aromatic heterocycles.